The number of allylic oxidation sites excluding steroid dienone is 2. The highest BCUT2D eigenvalue weighted by atomic mass is 16.7. The lowest BCUT2D eigenvalue weighted by Gasteiger charge is -2.57. The van der Waals surface area contributed by atoms with Gasteiger partial charge in [0, 0.05) is 6.61 Å². The molecule has 0 radical (unpaired) electrons. The zero-order chi connectivity index (χ0) is 20.2. The summed E-state index contributed by atoms with van der Waals surface area (Å²) in [6.45, 7) is 11.4. The second-order valence-corrected chi connectivity index (χ2v) is 10.3. The molecule has 0 aromatic carbocycles. The van der Waals surface area contributed by atoms with E-state index in [-0.39, 0.29) is 12.9 Å². The van der Waals surface area contributed by atoms with Gasteiger partial charge >= 0.3 is 0 Å². The van der Waals surface area contributed by atoms with Crippen LogP contribution in [0, 0.1) is 22.7 Å². The highest BCUT2D eigenvalue weighted by Gasteiger charge is 2.51. The van der Waals surface area contributed by atoms with E-state index < -0.39 is 0 Å². The van der Waals surface area contributed by atoms with Crippen molar-refractivity contribution >= 4 is 0 Å². The molecule has 0 amide bonds. The van der Waals surface area contributed by atoms with Gasteiger partial charge in [-0.2, -0.15) is 0 Å². The summed E-state index contributed by atoms with van der Waals surface area (Å²) in [5.41, 5.74) is 3.41. The van der Waals surface area contributed by atoms with Crippen LogP contribution in [0.15, 0.2) is 23.3 Å². The van der Waals surface area contributed by atoms with Crippen molar-refractivity contribution in [3.05, 3.63) is 23.3 Å². The molecule has 2 aliphatic carbocycles. The highest BCUT2D eigenvalue weighted by Crippen LogP contribution is 2.60. The Balaban J connectivity index is 1.59. The van der Waals surface area contributed by atoms with Crippen LogP contribution in [0.25, 0.3) is 0 Å². The monoisotopic (exact) mass is 390 g/mol. The molecule has 0 spiro atoms. The Bertz CT molecular complexity index is 570. The predicted octanol–water partition coefficient (Wildman–Crippen LogP) is 6.03. The molecule has 1 N–H and O–H groups in total. The van der Waals surface area contributed by atoms with Gasteiger partial charge < -0.3 is 14.6 Å². The topological polar surface area (TPSA) is 38.7 Å². The summed E-state index contributed by atoms with van der Waals surface area (Å²) < 4.78 is 11.5. The zero-order valence-corrected chi connectivity index (χ0v) is 18.6. The van der Waals surface area contributed by atoms with Gasteiger partial charge in [0.2, 0.25) is 0 Å². The van der Waals surface area contributed by atoms with Gasteiger partial charge in [0.25, 0.3) is 0 Å². The summed E-state index contributed by atoms with van der Waals surface area (Å²) in [7, 11) is 0. The van der Waals surface area contributed by atoms with E-state index in [1.165, 1.54) is 36.8 Å². The Kier molecular flexibility index (Phi) is 7.44. The standard InChI is InChI=1S/C25H42O3/c1-19(13-17-28-23-8-5-6-16-27-23)9-11-21-20(18-26)10-12-22-24(2,3)14-7-15-25(21,22)4/h10,13,21-23,26H,5-9,11-12,14-18H2,1-4H3/b19-13+/t21-,22-,23?,25+/m0/s1. The summed E-state index contributed by atoms with van der Waals surface area (Å²) in [6.07, 6.45) is 15.3. The van der Waals surface area contributed by atoms with E-state index in [2.05, 4.69) is 39.8 Å². The van der Waals surface area contributed by atoms with Crippen LogP contribution < -0.4 is 0 Å². The second kappa shape index (κ2) is 9.45. The highest BCUT2D eigenvalue weighted by molar-refractivity contribution is 5.20. The first-order valence-electron chi connectivity index (χ1n) is 11.6. The van der Waals surface area contributed by atoms with Crippen molar-refractivity contribution in [2.24, 2.45) is 22.7 Å². The number of aliphatic hydroxyl groups excluding tert-OH is 1. The maximum absolute atomic E-state index is 10.0. The SMILES string of the molecule is C/C(=C\COC1CCCCO1)CC[C@H]1C(CO)=CC[C@H]2C(C)(C)CCC[C@]12C. The van der Waals surface area contributed by atoms with Gasteiger partial charge in [0.1, 0.15) is 0 Å². The van der Waals surface area contributed by atoms with Crippen molar-refractivity contribution in [2.45, 2.75) is 91.8 Å². The fourth-order valence-electron chi connectivity index (χ4n) is 6.31. The van der Waals surface area contributed by atoms with Crippen molar-refractivity contribution < 1.29 is 14.6 Å². The summed E-state index contributed by atoms with van der Waals surface area (Å²) in [4.78, 5) is 0. The molecule has 3 rings (SSSR count). The van der Waals surface area contributed by atoms with E-state index in [4.69, 9.17) is 9.47 Å². The van der Waals surface area contributed by atoms with E-state index in [9.17, 15) is 5.11 Å². The Hall–Kier alpha value is -0.640. The lowest BCUT2D eigenvalue weighted by Crippen LogP contribution is -2.49. The van der Waals surface area contributed by atoms with Crippen LogP contribution in [0.2, 0.25) is 0 Å². The summed E-state index contributed by atoms with van der Waals surface area (Å²) in [5.74, 6) is 1.23. The minimum atomic E-state index is -0.00999. The molecule has 4 atom stereocenters. The molecule has 0 bridgehead atoms. The lowest BCUT2D eigenvalue weighted by atomic mass is 9.48. The largest absolute Gasteiger partial charge is 0.392 e. The fourth-order valence-corrected chi connectivity index (χ4v) is 6.31. The molecule has 1 unspecified atom stereocenters. The molecule has 1 aliphatic heterocycles. The molecule has 28 heavy (non-hydrogen) atoms. The van der Waals surface area contributed by atoms with Crippen LogP contribution in [0.1, 0.15) is 85.5 Å². The zero-order valence-electron chi connectivity index (χ0n) is 18.6. The van der Waals surface area contributed by atoms with Gasteiger partial charge in [-0.25, -0.2) is 0 Å². The molecule has 3 heteroatoms. The number of aliphatic hydroxyl groups is 1. The van der Waals surface area contributed by atoms with Crippen LogP contribution >= 0.6 is 0 Å². The summed E-state index contributed by atoms with van der Waals surface area (Å²) in [6, 6.07) is 0. The Labute approximate surface area is 172 Å². The van der Waals surface area contributed by atoms with Crippen LogP contribution in [-0.4, -0.2) is 31.2 Å². The van der Waals surface area contributed by atoms with Gasteiger partial charge in [-0.3, -0.25) is 0 Å². The molecule has 2 fully saturated rings. The molecule has 1 heterocycles. The van der Waals surface area contributed by atoms with E-state index in [1.807, 2.05) is 0 Å². The minimum Gasteiger partial charge on any atom is -0.392 e. The smallest absolute Gasteiger partial charge is 0.157 e. The van der Waals surface area contributed by atoms with Crippen LogP contribution in [0.4, 0.5) is 0 Å². The number of fused-ring (bicyclic) bond motifs is 1. The average Bonchev–Trinajstić information content (AvgIpc) is 2.66. The maximum atomic E-state index is 10.0. The molecule has 160 valence electrons. The van der Waals surface area contributed by atoms with Crippen molar-refractivity contribution in [1.82, 2.24) is 0 Å². The van der Waals surface area contributed by atoms with Gasteiger partial charge in [-0.05, 0) is 86.5 Å². The quantitative estimate of drug-likeness (QED) is 0.540. The first-order valence-corrected chi connectivity index (χ1v) is 11.6. The number of hydrogen-bond donors (Lipinski definition) is 1. The molecule has 3 nitrogen and oxygen atoms in total. The van der Waals surface area contributed by atoms with Crippen LogP contribution in [-0.2, 0) is 9.47 Å². The fraction of sp³-hybridized carbons (Fsp3) is 0.840. The maximum Gasteiger partial charge on any atom is 0.157 e. The number of ether oxygens (including phenoxy) is 2. The molecule has 1 saturated carbocycles. The molecule has 1 saturated heterocycles. The van der Waals surface area contributed by atoms with E-state index in [1.54, 1.807) is 0 Å². The van der Waals surface area contributed by atoms with Gasteiger partial charge in [-0.1, -0.05) is 44.9 Å². The molecule has 0 aromatic rings. The third-order valence-corrected chi connectivity index (χ3v) is 8.00. The van der Waals surface area contributed by atoms with Crippen molar-refractivity contribution in [3.8, 4) is 0 Å². The van der Waals surface area contributed by atoms with Crippen molar-refractivity contribution in [1.29, 1.82) is 0 Å². The van der Waals surface area contributed by atoms with Gasteiger partial charge in [0.15, 0.2) is 6.29 Å². The van der Waals surface area contributed by atoms with Crippen molar-refractivity contribution in [3.63, 3.8) is 0 Å². The summed E-state index contributed by atoms with van der Waals surface area (Å²) >= 11 is 0. The van der Waals surface area contributed by atoms with Gasteiger partial charge in [0.05, 0.1) is 13.2 Å². The molecule has 3 aliphatic rings. The Morgan fingerprint density at radius 3 is 2.79 bits per heavy atom. The van der Waals surface area contributed by atoms with Crippen LogP contribution in [0.3, 0.4) is 0 Å². The number of rotatable bonds is 7. The van der Waals surface area contributed by atoms with E-state index >= 15 is 0 Å². The second-order valence-electron chi connectivity index (χ2n) is 10.3. The third kappa shape index (κ3) is 4.91. The van der Waals surface area contributed by atoms with Crippen molar-refractivity contribution in [2.75, 3.05) is 19.8 Å². The average molecular weight is 391 g/mol. The first-order chi connectivity index (χ1) is 13.4. The van der Waals surface area contributed by atoms with E-state index in [0.717, 1.165) is 44.6 Å². The Morgan fingerprint density at radius 1 is 1.25 bits per heavy atom. The predicted molar refractivity (Wildman–Crippen MR) is 115 cm³/mol. The minimum absolute atomic E-state index is 0.00999. The molecular formula is C25H42O3. The van der Waals surface area contributed by atoms with Crippen LogP contribution in [0.5, 0.6) is 0 Å². The first kappa shape index (κ1) is 22.1. The lowest BCUT2D eigenvalue weighted by molar-refractivity contribution is -0.155. The molecular weight excluding hydrogens is 348 g/mol. The van der Waals surface area contributed by atoms with Gasteiger partial charge in [-0.15, -0.1) is 0 Å². The summed E-state index contributed by atoms with van der Waals surface area (Å²) in [5, 5.41) is 10.0. The normalized spacial score (nSPS) is 36.0. The molecule has 0 aromatic heterocycles. The third-order valence-electron chi connectivity index (χ3n) is 8.00. The Morgan fingerprint density at radius 2 is 2.07 bits per heavy atom. The van der Waals surface area contributed by atoms with E-state index in [0.29, 0.717) is 23.4 Å². The number of hydrogen-bond acceptors (Lipinski definition) is 3.